The topological polar surface area (TPSA) is 20.7 Å². The summed E-state index contributed by atoms with van der Waals surface area (Å²) >= 11 is 13.5. The molecule has 1 unspecified atom stereocenters. The van der Waals surface area contributed by atoms with Gasteiger partial charge in [0.25, 0.3) is 0 Å². The van der Waals surface area contributed by atoms with Gasteiger partial charge >= 0.3 is 0 Å². The first-order valence-electron chi connectivity index (χ1n) is 5.74. The first-order chi connectivity index (χ1) is 8.24. The second-order valence-electron chi connectivity index (χ2n) is 4.34. The molecule has 1 fully saturated rings. The van der Waals surface area contributed by atoms with Gasteiger partial charge in [-0.1, -0.05) is 11.6 Å². The summed E-state index contributed by atoms with van der Waals surface area (Å²) in [6.45, 7) is 0.990. The lowest BCUT2D eigenvalue weighted by Gasteiger charge is -2.10. The predicted octanol–water partition coefficient (Wildman–Crippen LogP) is 4.25. The van der Waals surface area contributed by atoms with Gasteiger partial charge in [-0.25, -0.2) is 0 Å². The van der Waals surface area contributed by atoms with Crippen LogP contribution in [0.2, 0.25) is 5.02 Å². The van der Waals surface area contributed by atoms with Crippen LogP contribution >= 0.6 is 35.6 Å². The molecule has 1 aromatic heterocycles. The highest BCUT2D eigenvalue weighted by Gasteiger charge is 2.17. The second kappa shape index (κ2) is 4.67. The third-order valence-electron chi connectivity index (χ3n) is 3.15. The Balaban J connectivity index is 2.04. The van der Waals surface area contributed by atoms with Crippen LogP contribution in [0.5, 0.6) is 0 Å². The van der Waals surface area contributed by atoms with E-state index in [9.17, 15) is 0 Å². The van der Waals surface area contributed by atoms with E-state index in [1.807, 2.05) is 30.0 Å². The van der Waals surface area contributed by atoms with Crippen LogP contribution < -0.4 is 0 Å². The predicted molar refractivity (Wildman–Crippen MR) is 77.6 cm³/mol. The molecule has 1 saturated heterocycles. The van der Waals surface area contributed by atoms with Gasteiger partial charge in [0.1, 0.15) is 0 Å². The minimum Gasteiger partial charge on any atom is -0.331 e. The molecule has 1 aliphatic rings. The summed E-state index contributed by atoms with van der Waals surface area (Å²) in [6, 6.07) is 5.87. The molecular weight excluding hydrogens is 272 g/mol. The summed E-state index contributed by atoms with van der Waals surface area (Å²) in [5.41, 5.74) is 2.19. The number of fused-ring (bicyclic) bond motifs is 1. The largest absolute Gasteiger partial charge is 0.331 e. The van der Waals surface area contributed by atoms with E-state index in [0.29, 0.717) is 5.25 Å². The Hall–Kier alpha value is -0.450. The number of aromatic amines is 1. The Morgan fingerprint density at radius 3 is 3.18 bits per heavy atom. The standard InChI is InChI=1S/C12H13ClN2S2/c13-8-3-4-10-11(6-8)15(12(16)14-10)7-9-2-1-5-17-9/h3-4,6,9H,1-2,5,7H2,(H,14,16). The molecule has 1 N–H and O–H groups in total. The zero-order valence-electron chi connectivity index (χ0n) is 9.28. The van der Waals surface area contributed by atoms with Crippen molar-refractivity contribution >= 4 is 46.6 Å². The normalized spacial score (nSPS) is 20.2. The number of rotatable bonds is 2. The molecule has 5 heteroatoms. The molecule has 2 aromatic rings. The molecule has 1 aliphatic heterocycles. The fourth-order valence-electron chi connectivity index (χ4n) is 2.30. The third-order valence-corrected chi connectivity index (χ3v) is 5.09. The molecule has 90 valence electrons. The van der Waals surface area contributed by atoms with E-state index in [4.69, 9.17) is 23.8 Å². The lowest BCUT2D eigenvalue weighted by atomic mass is 10.2. The smallest absolute Gasteiger partial charge is 0.178 e. The van der Waals surface area contributed by atoms with E-state index in [2.05, 4.69) is 9.55 Å². The monoisotopic (exact) mass is 284 g/mol. The summed E-state index contributed by atoms with van der Waals surface area (Å²) in [4.78, 5) is 3.24. The second-order valence-corrected chi connectivity index (χ2v) is 6.57. The Kier molecular flexibility index (Phi) is 3.19. The number of nitrogens with zero attached hydrogens (tertiary/aromatic N) is 1. The summed E-state index contributed by atoms with van der Waals surface area (Å²) in [6.07, 6.45) is 2.62. The number of benzene rings is 1. The van der Waals surface area contributed by atoms with Crippen molar-refractivity contribution in [1.82, 2.24) is 9.55 Å². The highest BCUT2D eigenvalue weighted by Crippen LogP contribution is 2.29. The van der Waals surface area contributed by atoms with Crippen molar-refractivity contribution < 1.29 is 0 Å². The lowest BCUT2D eigenvalue weighted by Crippen LogP contribution is -2.09. The Morgan fingerprint density at radius 2 is 2.41 bits per heavy atom. The van der Waals surface area contributed by atoms with Crippen molar-refractivity contribution in [3.8, 4) is 0 Å². The maximum Gasteiger partial charge on any atom is 0.178 e. The highest BCUT2D eigenvalue weighted by molar-refractivity contribution is 8.00. The summed E-state index contributed by atoms with van der Waals surface area (Å²) in [7, 11) is 0. The molecule has 1 atom stereocenters. The van der Waals surface area contributed by atoms with Gasteiger partial charge in [0, 0.05) is 16.8 Å². The van der Waals surface area contributed by atoms with Gasteiger partial charge in [0.2, 0.25) is 0 Å². The third kappa shape index (κ3) is 2.26. The molecule has 0 amide bonds. The minimum atomic E-state index is 0.694. The number of hydrogen-bond acceptors (Lipinski definition) is 2. The van der Waals surface area contributed by atoms with Crippen LogP contribution in [0.3, 0.4) is 0 Å². The van der Waals surface area contributed by atoms with Gasteiger partial charge in [-0.2, -0.15) is 11.8 Å². The fourth-order valence-corrected chi connectivity index (χ4v) is 4.00. The number of halogens is 1. The van der Waals surface area contributed by atoms with E-state index in [0.717, 1.165) is 27.4 Å². The van der Waals surface area contributed by atoms with Crippen LogP contribution in [0, 0.1) is 4.77 Å². The van der Waals surface area contributed by atoms with Crippen molar-refractivity contribution in [2.75, 3.05) is 5.75 Å². The van der Waals surface area contributed by atoms with Gasteiger partial charge in [0.15, 0.2) is 4.77 Å². The number of nitrogens with one attached hydrogen (secondary N) is 1. The summed E-state index contributed by atoms with van der Waals surface area (Å²) in [5.74, 6) is 1.28. The van der Waals surface area contributed by atoms with Crippen molar-refractivity contribution in [1.29, 1.82) is 0 Å². The van der Waals surface area contributed by atoms with E-state index < -0.39 is 0 Å². The molecule has 0 radical (unpaired) electrons. The average Bonchev–Trinajstić information content (AvgIpc) is 2.90. The van der Waals surface area contributed by atoms with Crippen LogP contribution in [0.15, 0.2) is 18.2 Å². The van der Waals surface area contributed by atoms with Gasteiger partial charge in [-0.05, 0) is 49.0 Å². The van der Waals surface area contributed by atoms with E-state index in [-0.39, 0.29) is 0 Å². The van der Waals surface area contributed by atoms with Gasteiger partial charge in [0.05, 0.1) is 11.0 Å². The van der Waals surface area contributed by atoms with Crippen LogP contribution in [0.1, 0.15) is 12.8 Å². The zero-order chi connectivity index (χ0) is 11.8. The SMILES string of the molecule is S=c1[nH]c2ccc(Cl)cc2n1CC1CCCS1. The number of H-pyrrole nitrogens is 1. The summed E-state index contributed by atoms with van der Waals surface area (Å²) < 4.78 is 2.98. The van der Waals surface area contributed by atoms with E-state index >= 15 is 0 Å². The molecule has 1 aromatic carbocycles. The number of hydrogen-bond donors (Lipinski definition) is 1. The van der Waals surface area contributed by atoms with Crippen molar-refractivity contribution in [3.63, 3.8) is 0 Å². The number of aromatic nitrogens is 2. The molecular formula is C12H13ClN2S2. The van der Waals surface area contributed by atoms with Crippen molar-refractivity contribution in [2.24, 2.45) is 0 Å². The van der Waals surface area contributed by atoms with Crippen LogP contribution in [0.4, 0.5) is 0 Å². The molecule has 2 nitrogen and oxygen atoms in total. The van der Waals surface area contributed by atoms with Crippen molar-refractivity contribution in [2.45, 2.75) is 24.6 Å². The lowest BCUT2D eigenvalue weighted by molar-refractivity contribution is 0.645. The zero-order valence-corrected chi connectivity index (χ0v) is 11.7. The van der Waals surface area contributed by atoms with Crippen molar-refractivity contribution in [3.05, 3.63) is 28.0 Å². The molecule has 3 rings (SSSR count). The van der Waals surface area contributed by atoms with Crippen LogP contribution in [-0.2, 0) is 6.54 Å². The summed E-state index contributed by atoms with van der Waals surface area (Å²) in [5, 5.41) is 1.46. The van der Waals surface area contributed by atoms with Gasteiger partial charge in [-0.15, -0.1) is 0 Å². The molecule has 2 heterocycles. The molecule has 0 saturated carbocycles. The Morgan fingerprint density at radius 1 is 1.53 bits per heavy atom. The fraction of sp³-hybridized carbons (Fsp3) is 0.417. The number of imidazole rings is 1. The maximum atomic E-state index is 6.05. The highest BCUT2D eigenvalue weighted by atomic mass is 35.5. The van der Waals surface area contributed by atoms with Gasteiger partial charge in [-0.3, -0.25) is 0 Å². The Labute approximate surface area is 114 Å². The molecule has 0 bridgehead atoms. The van der Waals surface area contributed by atoms with Crippen LogP contribution in [-0.4, -0.2) is 20.6 Å². The first kappa shape index (κ1) is 11.6. The molecule has 17 heavy (non-hydrogen) atoms. The average molecular weight is 285 g/mol. The Bertz CT molecular complexity index is 596. The van der Waals surface area contributed by atoms with Crippen LogP contribution in [0.25, 0.3) is 11.0 Å². The maximum absolute atomic E-state index is 6.05. The molecule has 0 aliphatic carbocycles. The van der Waals surface area contributed by atoms with Gasteiger partial charge < -0.3 is 9.55 Å². The molecule has 0 spiro atoms. The quantitative estimate of drug-likeness (QED) is 0.832. The first-order valence-corrected chi connectivity index (χ1v) is 7.57. The van der Waals surface area contributed by atoms with E-state index in [1.165, 1.54) is 18.6 Å². The number of thioether (sulfide) groups is 1. The minimum absolute atomic E-state index is 0.694. The van der Waals surface area contributed by atoms with E-state index in [1.54, 1.807) is 0 Å².